The molecule has 4 aromatic rings. The van der Waals surface area contributed by atoms with Crippen molar-refractivity contribution in [2.75, 3.05) is 51.7 Å². The second kappa shape index (κ2) is 12.0. The second-order valence-corrected chi connectivity index (χ2v) is 12.5. The summed E-state index contributed by atoms with van der Waals surface area (Å²) in [7, 11) is 4.06. The first kappa shape index (κ1) is 28.6. The number of pyridine rings is 1. The Labute approximate surface area is 252 Å². The van der Waals surface area contributed by atoms with Gasteiger partial charge in [-0.1, -0.05) is 35.9 Å². The summed E-state index contributed by atoms with van der Waals surface area (Å²) in [5, 5.41) is 16.7. The van der Waals surface area contributed by atoms with Crippen LogP contribution >= 0.6 is 11.6 Å². The molecule has 42 heavy (non-hydrogen) atoms. The van der Waals surface area contributed by atoms with Crippen molar-refractivity contribution in [3.63, 3.8) is 0 Å². The highest BCUT2D eigenvalue weighted by Gasteiger charge is 2.34. The molecule has 2 saturated heterocycles. The van der Waals surface area contributed by atoms with Gasteiger partial charge in [-0.3, -0.25) is 4.79 Å². The summed E-state index contributed by atoms with van der Waals surface area (Å²) < 4.78 is 1.83. The first-order valence-corrected chi connectivity index (χ1v) is 15.3. The molecule has 1 unspecified atom stereocenters. The lowest BCUT2D eigenvalue weighted by molar-refractivity contribution is 0.0118. The van der Waals surface area contributed by atoms with Gasteiger partial charge in [-0.2, -0.15) is 5.10 Å². The van der Waals surface area contributed by atoms with Crippen molar-refractivity contribution in [1.29, 1.82) is 0 Å². The first-order valence-electron chi connectivity index (χ1n) is 14.9. The van der Waals surface area contributed by atoms with Gasteiger partial charge in [0.2, 0.25) is 0 Å². The van der Waals surface area contributed by atoms with Gasteiger partial charge in [-0.15, -0.1) is 0 Å². The van der Waals surface area contributed by atoms with Crippen LogP contribution in [0.4, 0.5) is 5.69 Å². The van der Waals surface area contributed by atoms with Crippen molar-refractivity contribution >= 4 is 28.8 Å². The van der Waals surface area contributed by atoms with E-state index in [1.54, 1.807) is 0 Å². The van der Waals surface area contributed by atoms with E-state index in [1.165, 1.54) is 12.8 Å². The third kappa shape index (κ3) is 6.16. The number of aliphatic hydroxyl groups is 1. The average molecular weight is 587 g/mol. The minimum atomic E-state index is -0.861. The van der Waals surface area contributed by atoms with Crippen molar-refractivity contribution in [3.8, 4) is 0 Å². The number of fused-ring (bicyclic) bond motifs is 1. The topological polar surface area (TPSA) is 77.2 Å². The first-order chi connectivity index (χ1) is 20.3. The molecule has 1 N–H and O–H groups in total. The number of nitrogens with zero attached hydrogens (tertiary/aromatic N) is 6. The van der Waals surface area contributed by atoms with Gasteiger partial charge in [0.05, 0.1) is 11.3 Å². The van der Waals surface area contributed by atoms with E-state index < -0.39 is 5.60 Å². The number of amides is 1. The number of anilines is 1. The lowest BCUT2D eigenvalue weighted by atomic mass is 9.84. The van der Waals surface area contributed by atoms with Crippen molar-refractivity contribution in [2.24, 2.45) is 5.92 Å². The highest BCUT2D eigenvalue weighted by atomic mass is 35.5. The molecular formula is C33H39ClN6O2. The molecular weight excluding hydrogens is 548 g/mol. The third-order valence-electron chi connectivity index (χ3n) is 8.86. The monoisotopic (exact) mass is 586 g/mol. The maximum atomic E-state index is 13.1. The third-order valence-corrected chi connectivity index (χ3v) is 9.11. The van der Waals surface area contributed by atoms with Crippen molar-refractivity contribution < 1.29 is 9.90 Å². The van der Waals surface area contributed by atoms with Gasteiger partial charge in [-0.05, 0) is 92.7 Å². The van der Waals surface area contributed by atoms with E-state index in [2.05, 4.69) is 22.9 Å². The molecule has 2 aliphatic heterocycles. The number of likely N-dealkylation sites (tertiary alicyclic amines) is 1. The lowest BCUT2D eigenvalue weighted by Crippen LogP contribution is -2.42. The van der Waals surface area contributed by atoms with Gasteiger partial charge in [0.1, 0.15) is 0 Å². The van der Waals surface area contributed by atoms with E-state index in [1.807, 2.05) is 77.3 Å². The molecule has 2 aromatic carbocycles. The zero-order valence-electron chi connectivity index (χ0n) is 24.4. The Morgan fingerprint density at radius 3 is 2.52 bits per heavy atom. The number of benzene rings is 2. The molecule has 1 amide bonds. The minimum absolute atomic E-state index is 0.0646. The van der Waals surface area contributed by atoms with E-state index in [9.17, 15) is 9.90 Å². The van der Waals surface area contributed by atoms with E-state index in [4.69, 9.17) is 21.7 Å². The van der Waals surface area contributed by atoms with Gasteiger partial charge in [-0.25, -0.2) is 9.50 Å². The van der Waals surface area contributed by atoms with Gasteiger partial charge >= 0.3 is 0 Å². The maximum absolute atomic E-state index is 13.1. The molecule has 0 radical (unpaired) electrons. The number of hydrogen-bond donors (Lipinski definition) is 1. The number of hydrogen-bond acceptors (Lipinski definition) is 6. The summed E-state index contributed by atoms with van der Waals surface area (Å²) in [5.74, 6) is 1.33. The fourth-order valence-electron chi connectivity index (χ4n) is 6.49. The van der Waals surface area contributed by atoms with E-state index >= 15 is 0 Å². The Bertz CT molecular complexity index is 1530. The molecule has 220 valence electrons. The molecule has 9 heteroatoms. The van der Waals surface area contributed by atoms with Crippen LogP contribution in [-0.4, -0.2) is 82.2 Å². The van der Waals surface area contributed by atoms with Crippen LogP contribution in [0.5, 0.6) is 0 Å². The number of carbonyl (C=O) groups is 1. The highest BCUT2D eigenvalue weighted by Crippen LogP contribution is 2.36. The number of rotatable bonds is 7. The molecule has 2 aromatic heterocycles. The van der Waals surface area contributed by atoms with Crippen molar-refractivity contribution in [3.05, 3.63) is 94.4 Å². The van der Waals surface area contributed by atoms with Crippen molar-refractivity contribution in [1.82, 2.24) is 24.4 Å². The van der Waals surface area contributed by atoms with Crippen LogP contribution in [0.1, 0.15) is 53.0 Å². The Balaban J connectivity index is 1.10. The number of aromatic nitrogens is 3. The number of piperidine rings is 2. The smallest absolute Gasteiger partial charge is 0.253 e. The summed E-state index contributed by atoms with van der Waals surface area (Å²) in [6.45, 7) is 4.40. The minimum Gasteiger partial charge on any atom is -0.385 e. The zero-order valence-corrected chi connectivity index (χ0v) is 25.2. The molecule has 0 aliphatic carbocycles. The standard InChI is InChI=1S/C33H39ClN6O2/c1-37-17-3-5-25(22-37)23-38(2)32(41)26-9-7-24(8-10-26)21-30-35-31-29(6-4-18-40(31)36-30)39-19-15-33(42,16-20-39)27-11-13-28(34)14-12-27/h4,6-14,18,25,42H,3,5,15-17,19-23H2,1-2H3. The number of carbonyl (C=O) groups excluding carboxylic acids is 1. The highest BCUT2D eigenvalue weighted by molar-refractivity contribution is 6.30. The normalized spacial score (nSPS) is 19.2. The molecule has 6 rings (SSSR count). The van der Waals surface area contributed by atoms with E-state index in [0.29, 0.717) is 48.9 Å². The van der Waals surface area contributed by atoms with Gasteiger partial charge in [0, 0.05) is 56.4 Å². The summed E-state index contributed by atoms with van der Waals surface area (Å²) in [5.41, 5.74) is 3.64. The van der Waals surface area contributed by atoms with Crippen LogP contribution in [0, 0.1) is 5.92 Å². The summed E-state index contributed by atoms with van der Waals surface area (Å²) in [6, 6.07) is 19.4. The predicted molar refractivity (Wildman–Crippen MR) is 166 cm³/mol. The van der Waals surface area contributed by atoms with Crippen LogP contribution in [-0.2, 0) is 12.0 Å². The Morgan fingerprint density at radius 1 is 1.07 bits per heavy atom. The Hall–Kier alpha value is -3.46. The molecule has 0 saturated carbocycles. The van der Waals surface area contributed by atoms with Crippen LogP contribution in [0.3, 0.4) is 0 Å². The van der Waals surface area contributed by atoms with Crippen LogP contribution < -0.4 is 4.90 Å². The second-order valence-electron chi connectivity index (χ2n) is 12.0. The Kier molecular flexibility index (Phi) is 8.21. The van der Waals surface area contributed by atoms with E-state index in [0.717, 1.165) is 47.9 Å². The van der Waals surface area contributed by atoms with Crippen LogP contribution in [0.25, 0.3) is 5.65 Å². The summed E-state index contributed by atoms with van der Waals surface area (Å²) in [6.07, 6.45) is 6.12. The average Bonchev–Trinajstić information content (AvgIpc) is 3.40. The summed E-state index contributed by atoms with van der Waals surface area (Å²) >= 11 is 6.05. The van der Waals surface area contributed by atoms with Gasteiger partial charge in [0.15, 0.2) is 11.5 Å². The van der Waals surface area contributed by atoms with Gasteiger partial charge in [0.25, 0.3) is 5.91 Å². The SMILES string of the molecule is CN1CCCC(CN(C)C(=O)c2ccc(Cc3nc4c(N5CCC(O)(c6ccc(Cl)cc6)CC5)cccn4n3)cc2)C1. The van der Waals surface area contributed by atoms with Crippen LogP contribution in [0.2, 0.25) is 5.02 Å². The van der Waals surface area contributed by atoms with E-state index in [-0.39, 0.29) is 5.91 Å². The predicted octanol–water partition coefficient (Wildman–Crippen LogP) is 4.88. The number of halogens is 1. The largest absolute Gasteiger partial charge is 0.385 e. The molecule has 0 spiro atoms. The molecule has 1 atom stereocenters. The maximum Gasteiger partial charge on any atom is 0.253 e. The van der Waals surface area contributed by atoms with Crippen LogP contribution in [0.15, 0.2) is 66.9 Å². The fraction of sp³-hybridized carbons (Fsp3) is 0.424. The lowest BCUT2D eigenvalue weighted by Gasteiger charge is -2.39. The molecule has 2 aliphatic rings. The zero-order chi connectivity index (χ0) is 29.3. The molecule has 8 nitrogen and oxygen atoms in total. The van der Waals surface area contributed by atoms with Crippen molar-refractivity contribution in [2.45, 2.75) is 37.7 Å². The Morgan fingerprint density at radius 2 is 1.81 bits per heavy atom. The molecule has 2 fully saturated rings. The van der Waals surface area contributed by atoms with Gasteiger partial charge < -0.3 is 19.8 Å². The summed E-state index contributed by atoms with van der Waals surface area (Å²) in [4.78, 5) is 24.5. The molecule has 4 heterocycles. The quantitative estimate of drug-likeness (QED) is 0.333. The molecule has 0 bridgehead atoms. The fourth-order valence-corrected chi connectivity index (χ4v) is 6.61.